The van der Waals surface area contributed by atoms with Crippen LogP contribution in [0.1, 0.15) is 52.9 Å². The number of carbonyl (C=O) groups is 1. The van der Waals surface area contributed by atoms with Crippen LogP contribution in [0, 0.1) is 10.1 Å². The van der Waals surface area contributed by atoms with Gasteiger partial charge in [-0.25, -0.2) is 4.68 Å². The zero-order chi connectivity index (χ0) is 25.1. The number of hydrogen-bond donors (Lipinski definition) is 0. The molecule has 1 heterocycles. The van der Waals surface area contributed by atoms with E-state index in [-0.39, 0.29) is 17.4 Å². The summed E-state index contributed by atoms with van der Waals surface area (Å²) in [5.74, 6) is -0.421. The lowest BCUT2D eigenvalue weighted by Gasteiger charge is -2.36. The third-order valence-electron chi connectivity index (χ3n) is 7.21. The van der Waals surface area contributed by atoms with Gasteiger partial charge in [0.05, 0.1) is 4.92 Å². The maximum atomic E-state index is 13.6. The van der Waals surface area contributed by atoms with Crippen molar-refractivity contribution in [1.82, 2.24) is 14.7 Å². The number of rotatable bonds is 7. The van der Waals surface area contributed by atoms with Gasteiger partial charge in [-0.2, -0.15) is 5.10 Å². The lowest BCUT2D eigenvalue weighted by atomic mass is 9.77. The van der Waals surface area contributed by atoms with Crippen molar-refractivity contribution in [3.63, 3.8) is 0 Å². The Kier molecular flexibility index (Phi) is 6.38. The molecule has 3 aromatic carbocycles. The number of nitro groups is 1. The molecule has 0 atom stereocenters. The lowest BCUT2D eigenvalue weighted by Crippen LogP contribution is -2.39. The SMILES string of the molecule is CN(C(=O)c1nn(C(c2ccccc2)(c2ccccc2)c2ccccc2)cc1[N+](=O)[O-])C1CCCC1. The highest BCUT2D eigenvalue weighted by molar-refractivity contribution is 5.96. The molecule has 5 rings (SSSR count). The molecule has 0 radical (unpaired) electrons. The number of carbonyl (C=O) groups excluding carboxylic acids is 1. The summed E-state index contributed by atoms with van der Waals surface area (Å²) < 4.78 is 1.60. The average Bonchev–Trinajstić information content (AvgIpc) is 3.62. The van der Waals surface area contributed by atoms with E-state index >= 15 is 0 Å². The fraction of sp³-hybridized carbons (Fsp3) is 0.241. The van der Waals surface area contributed by atoms with Crippen molar-refractivity contribution in [2.75, 3.05) is 7.05 Å². The Hall–Kier alpha value is -4.26. The Morgan fingerprint density at radius 3 is 1.75 bits per heavy atom. The average molecular weight is 481 g/mol. The van der Waals surface area contributed by atoms with Crippen LogP contribution in [-0.2, 0) is 5.54 Å². The summed E-state index contributed by atoms with van der Waals surface area (Å²) >= 11 is 0. The van der Waals surface area contributed by atoms with Crippen molar-refractivity contribution < 1.29 is 9.72 Å². The highest BCUT2D eigenvalue weighted by atomic mass is 16.6. The molecule has 1 aliphatic carbocycles. The number of nitrogens with zero attached hydrogens (tertiary/aromatic N) is 4. The molecule has 7 heteroatoms. The van der Waals surface area contributed by atoms with E-state index in [1.54, 1.807) is 16.6 Å². The second kappa shape index (κ2) is 9.77. The third kappa shape index (κ3) is 3.96. The van der Waals surface area contributed by atoms with Crippen molar-refractivity contribution >= 4 is 11.6 Å². The molecular weight excluding hydrogens is 452 g/mol. The van der Waals surface area contributed by atoms with Crippen LogP contribution in [-0.4, -0.2) is 38.6 Å². The molecular formula is C29H28N4O3. The summed E-state index contributed by atoms with van der Waals surface area (Å²) in [7, 11) is 1.72. The van der Waals surface area contributed by atoms with Gasteiger partial charge in [0.15, 0.2) is 0 Å². The quantitative estimate of drug-likeness (QED) is 0.195. The second-order valence-corrected chi connectivity index (χ2v) is 9.23. The fourth-order valence-electron chi connectivity index (χ4n) is 5.38. The van der Waals surface area contributed by atoms with Crippen LogP contribution in [0.25, 0.3) is 0 Å². The maximum Gasteiger partial charge on any atom is 0.320 e. The molecule has 1 amide bonds. The first-order chi connectivity index (χ1) is 17.5. The van der Waals surface area contributed by atoms with E-state index in [2.05, 4.69) is 0 Å². The summed E-state index contributed by atoms with van der Waals surface area (Å²) in [4.78, 5) is 26.9. The van der Waals surface area contributed by atoms with Crippen molar-refractivity contribution in [2.24, 2.45) is 0 Å². The van der Waals surface area contributed by atoms with Crippen molar-refractivity contribution in [2.45, 2.75) is 37.3 Å². The van der Waals surface area contributed by atoms with Crippen LogP contribution in [0.5, 0.6) is 0 Å². The van der Waals surface area contributed by atoms with Crippen molar-refractivity contribution in [3.05, 3.63) is 130 Å². The lowest BCUT2D eigenvalue weighted by molar-refractivity contribution is -0.385. The number of benzene rings is 3. The predicted molar refractivity (Wildman–Crippen MR) is 138 cm³/mol. The second-order valence-electron chi connectivity index (χ2n) is 9.23. The van der Waals surface area contributed by atoms with E-state index < -0.39 is 16.4 Å². The molecule has 182 valence electrons. The van der Waals surface area contributed by atoms with Gasteiger partial charge >= 0.3 is 5.69 Å². The number of amides is 1. The molecule has 0 spiro atoms. The normalized spacial score (nSPS) is 14.0. The Morgan fingerprint density at radius 2 is 1.33 bits per heavy atom. The summed E-state index contributed by atoms with van der Waals surface area (Å²) in [6.45, 7) is 0. The van der Waals surface area contributed by atoms with Crippen molar-refractivity contribution in [3.8, 4) is 0 Å². The molecule has 36 heavy (non-hydrogen) atoms. The van der Waals surface area contributed by atoms with E-state index in [1.807, 2.05) is 91.0 Å². The minimum atomic E-state index is -1.03. The van der Waals surface area contributed by atoms with Gasteiger partial charge in [0.1, 0.15) is 11.7 Å². The van der Waals surface area contributed by atoms with Gasteiger partial charge in [0.25, 0.3) is 5.91 Å². The van der Waals surface area contributed by atoms with E-state index in [0.29, 0.717) is 0 Å². The zero-order valence-electron chi connectivity index (χ0n) is 20.2. The fourth-order valence-corrected chi connectivity index (χ4v) is 5.38. The highest BCUT2D eigenvalue weighted by Crippen LogP contribution is 2.41. The standard InChI is InChI=1S/C29H28N4O3/c1-31(25-19-11-12-20-25)28(34)27-26(33(35)36)21-32(30-27)29(22-13-5-2-6-14-22,23-15-7-3-8-16-23)24-17-9-4-10-18-24/h2-10,13-18,21,25H,11-12,19-20H2,1H3. The summed E-state index contributed by atoms with van der Waals surface area (Å²) in [5.41, 5.74) is 1.17. The van der Waals surface area contributed by atoms with Gasteiger partial charge in [-0.05, 0) is 29.5 Å². The summed E-state index contributed by atoms with van der Waals surface area (Å²) in [6.07, 6.45) is 5.32. The van der Waals surface area contributed by atoms with Crippen LogP contribution in [0.3, 0.4) is 0 Å². The molecule has 1 saturated carbocycles. The van der Waals surface area contributed by atoms with E-state index in [0.717, 1.165) is 42.4 Å². The van der Waals surface area contributed by atoms with E-state index in [1.165, 1.54) is 6.20 Å². The van der Waals surface area contributed by atoms with Crippen LogP contribution in [0.2, 0.25) is 0 Å². The molecule has 1 aliphatic rings. The Morgan fingerprint density at radius 1 is 0.889 bits per heavy atom. The molecule has 7 nitrogen and oxygen atoms in total. The summed E-state index contributed by atoms with van der Waals surface area (Å²) in [6, 6.07) is 29.4. The minimum absolute atomic E-state index is 0.0735. The van der Waals surface area contributed by atoms with Crippen LogP contribution in [0.15, 0.2) is 97.2 Å². The molecule has 0 unspecified atom stereocenters. The summed E-state index contributed by atoms with van der Waals surface area (Å²) in [5, 5.41) is 16.9. The first kappa shape index (κ1) is 23.5. The number of aromatic nitrogens is 2. The van der Waals surface area contributed by atoms with Gasteiger partial charge in [-0.1, -0.05) is 104 Å². The van der Waals surface area contributed by atoms with Gasteiger partial charge < -0.3 is 4.90 Å². The molecule has 1 aromatic heterocycles. The van der Waals surface area contributed by atoms with Crippen LogP contribution < -0.4 is 0 Å². The Balaban J connectivity index is 1.78. The molecule has 0 aliphatic heterocycles. The van der Waals surface area contributed by atoms with Gasteiger partial charge in [-0.3, -0.25) is 14.9 Å². The Bertz CT molecular complexity index is 1250. The number of hydrogen-bond acceptors (Lipinski definition) is 4. The van der Waals surface area contributed by atoms with E-state index in [9.17, 15) is 14.9 Å². The zero-order valence-corrected chi connectivity index (χ0v) is 20.2. The first-order valence-electron chi connectivity index (χ1n) is 12.2. The van der Waals surface area contributed by atoms with Gasteiger partial charge in [-0.15, -0.1) is 0 Å². The third-order valence-corrected chi connectivity index (χ3v) is 7.21. The molecule has 1 fully saturated rings. The smallest absolute Gasteiger partial charge is 0.320 e. The molecule has 0 saturated heterocycles. The van der Waals surface area contributed by atoms with Crippen LogP contribution in [0.4, 0.5) is 5.69 Å². The first-order valence-corrected chi connectivity index (χ1v) is 12.2. The van der Waals surface area contributed by atoms with E-state index in [4.69, 9.17) is 5.10 Å². The monoisotopic (exact) mass is 480 g/mol. The van der Waals surface area contributed by atoms with Gasteiger partial charge in [0.2, 0.25) is 5.69 Å². The topological polar surface area (TPSA) is 81.3 Å². The Labute approximate surface area is 210 Å². The molecule has 4 aromatic rings. The predicted octanol–water partition coefficient (Wildman–Crippen LogP) is 5.65. The molecule has 0 bridgehead atoms. The maximum absolute atomic E-state index is 13.6. The van der Waals surface area contributed by atoms with Gasteiger partial charge in [0, 0.05) is 13.1 Å². The largest absolute Gasteiger partial charge is 0.337 e. The van der Waals surface area contributed by atoms with Crippen LogP contribution >= 0.6 is 0 Å². The van der Waals surface area contributed by atoms with Crippen molar-refractivity contribution in [1.29, 1.82) is 0 Å². The molecule has 0 N–H and O–H groups in total. The minimum Gasteiger partial charge on any atom is -0.337 e. The highest BCUT2D eigenvalue weighted by Gasteiger charge is 2.42.